The van der Waals surface area contributed by atoms with Crippen LogP contribution in [0.2, 0.25) is 0 Å². The molecule has 0 unspecified atom stereocenters. The number of halogens is 1. The van der Waals surface area contributed by atoms with Gasteiger partial charge < -0.3 is 10.1 Å². The Morgan fingerprint density at radius 2 is 1.89 bits per heavy atom. The molecule has 1 N–H and O–H groups in total. The molecular formula is C28H24FN5O2. The van der Waals surface area contributed by atoms with Gasteiger partial charge in [0.05, 0.1) is 17.1 Å². The maximum Gasteiger partial charge on any atom is 0.251 e. The molecule has 180 valence electrons. The van der Waals surface area contributed by atoms with Crippen LogP contribution in [0.15, 0.2) is 79.5 Å². The summed E-state index contributed by atoms with van der Waals surface area (Å²) in [5, 5.41) is 7.46. The molecule has 0 atom stereocenters. The molecule has 0 saturated heterocycles. The summed E-state index contributed by atoms with van der Waals surface area (Å²) in [5.74, 6) is 0.119. The second-order valence-electron chi connectivity index (χ2n) is 8.31. The van der Waals surface area contributed by atoms with Crippen molar-refractivity contribution in [2.24, 2.45) is 0 Å². The predicted molar refractivity (Wildman–Crippen MR) is 135 cm³/mol. The first kappa shape index (κ1) is 23.2. The van der Waals surface area contributed by atoms with Crippen LogP contribution in [0.25, 0.3) is 22.0 Å². The summed E-state index contributed by atoms with van der Waals surface area (Å²) in [6.45, 7) is 4.91. The third-order valence-electron chi connectivity index (χ3n) is 6.00. The summed E-state index contributed by atoms with van der Waals surface area (Å²) in [4.78, 5) is 21.2. The van der Waals surface area contributed by atoms with E-state index in [1.54, 1.807) is 60.7 Å². The fraction of sp³-hybridized carbons (Fsp3) is 0.143. The van der Waals surface area contributed by atoms with Gasteiger partial charge >= 0.3 is 0 Å². The number of nitrogens with zero attached hydrogens (tertiary/aromatic N) is 4. The summed E-state index contributed by atoms with van der Waals surface area (Å²) in [5.41, 5.74) is 4.05. The summed E-state index contributed by atoms with van der Waals surface area (Å²) in [6.07, 6.45) is 8.52. The summed E-state index contributed by atoms with van der Waals surface area (Å²) in [7, 11) is 0. The third-order valence-corrected chi connectivity index (χ3v) is 6.00. The molecule has 0 saturated carbocycles. The van der Waals surface area contributed by atoms with E-state index < -0.39 is 5.82 Å². The molecule has 0 spiro atoms. The van der Waals surface area contributed by atoms with Gasteiger partial charge in [0.1, 0.15) is 17.3 Å². The number of amides is 1. The molecule has 2 aromatic carbocycles. The topological polar surface area (TPSA) is 81.9 Å². The van der Waals surface area contributed by atoms with Crippen LogP contribution in [0.5, 0.6) is 11.5 Å². The lowest BCUT2D eigenvalue weighted by Crippen LogP contribution is -2.23. The Balaban J connectivity index is 1.43. The standard InChI is InChI=1S/C28H24FN5O2/c1-3-34-17-21(16-33-34)20-13-23(29)27-24(14-20)31-12-9-26(27)36-25-6-4-5-22(18(25)2)28(35)32-15-19-7-10-30-11-8-19/h4-14,16-17H,3,15H2,1-2H3,(H,32,35). The van der Waals surface area contributed by atoms with Crippen LogP contribution < -0.4 is 10.1 Å². The largest absolute Gasteiger partial charge is 0.456 e. The van der Waals surface area contributed by atoms with Gasteiger partial charge in [-0.3, -0.25) is 19.4 Å². The minimum atomic E-state index is -0.446. The van der Waals surface area contributed by atoms with E-state index in [-0.39, 0.29) is 11.3 Å². The third kappa shape index (κ3) is 4.65. The number of carbonyl (C=O) groups is 1. The van der Waals surface area contributed by atoms with Crippen molar-refractivity contribution < 1.29 is 13.9 Å². The number of ether oxygens (including phenoxy) is 1. The number of pyridine rings is 2. The minimum Gasteiger partial charge on any atom is -0.456 e. The zero-order valence-electron chi connectivity index (χ0n) is 19.9. The summed E-state index contributed by atoms with van der Waals surface area (Å²) < 4.78 is 23.3. The molecule has 0 radical (unpaired) electrons. The highest BCUT2D eigenvalue weighted by molar-refractivity contribution is 5.96. The molecule has 0 aliphatic heterocycles. The van der Waals surface area contributed by atoms with Crippen LogP contribution >= 0.6 is 0 Å². The van der Waals surface area contributed by atoms with E-state index in [9.17, 15) is 4.79 Å². The number of benzene rings is 2. The number of aromatic nitrogens is 4. The molecule has 0 aliphatic carbocycles. The molecule has 0 fully saturated rings. The van der Waals surface area contributed by atoms with E-state index in [1.165, 1.54) is 6.07 Å². The quantitative estimate of drug-likeness (QED) is 0.323. The molecule has 5 aromatic rings. The van der Waals surface area contributed by atoms with Crippen molar-refractivity contribution in [2.75, 3.05) is 0 Å². The number of hydrogen-bond donors (Lipinski definition) is 1. The van der Waals surface area contributed by atoms with Crippen molar-refractivity contribution in [1.29, 1.82) is 0 Å². The van der Waals surface area contributed by atoms with Crippen molar-refractivity contribution in [3.8, 4) is 22.6 Å². The molecule has 36 heavy (non-hydrogen) atoms. The van der Waals surface area contributed by atoms with Gasteiger partial charge in [0.15, 0.2) is 0 Å². The molecule has 3 aromatic heterocycles. The summed E-state index contributed by atoms with van der Waals surface area (Å²) in [6, 6.07) is 13.8. The maximum atomic E-state index is 15.3. The molecule has 0 aliphatic rings. The van der Waals surface area contributed by atoms with Gasteiger partial charge in [-0.1, -0.05) is 6.07 Å². The first-order valence-electron chi connectivity index (χ1n) is 11.6. The van der Waals surface area contributed by atoms with Gasteiger partial charge in [0.25, 0.3) is 5.91 Å². The van der Waals surface area contributed by atoms with Gasteiger partial charge in [0.2, 0.25) is 0 Å². The lowest BCUT2D eigenvalue weighted by Gasteiger charge is -2.14. The molecular weight excluding hydrogens is 457 g/mol. The van der Waals surface area contributed by atoms with E-state index in [4.69, 9.17) is 4.74 Å². The lowest BCUT2D eigenvalue weighted by molar-refractivity contribution is 0.0950. The average molecular weight is 482 g/mol. The van der Waals surface area contributed by atoms with Gasteiger partial charge in [-0.25, -0.2) is 4.39 Å². The SMILES string of the molecule is CCn1cc(-c2cc(F)c3c(Oc4cccc(C(=O)NCc5ccncc5)c4C)ccnc3c2)cn1. The Labute approximate surface area is 207 Å². The van der Waals surface area contributed by atoms with Gasteiger partial charge in [-0.15, -0.1) is 0 Å². The fourth-order valence-electron chi connectivity index (χ4n) is 4.01. The van der Waals surface area contributed by atoms with E-state index in [0.717, 1.165) is 17.7 Å². The Hall–Kier alpha value is -4.59. The number of rotatable bonds is 7. The number of aryl methyl sites for hydroxylation is 1. The summed E-state index contributed by atoms with van der Waals surface area (Å²) >= 11 is 0. The normalized spacial score (nSPS) is 11.0. The van der Waals surface area contributed by atoms with Gasteiger partial charge in [0, 0.05) is 54.6 Å². The average Bonchev–Trinajstić information content (AvgIpc) is 3.38. The van der Waals surface area contributed by atoms with Crippen molar-refractivity contribution >= 4 is 16.8 Å². The van der Waals surface area contributed by atoms with E-state index in [0.29, 0.717) is 40.3 Å². The fourth-order valence-corrected chi connectivity index (χ4v) is 4.01. The number of carbonyl (C=O) groups excluding carboxylic acids is 1. The zero-order chi connectivity index (χ0) is 25.1. The van der Waals surface area contributed by atoms with Crippen LogP contribution in [0.3, 0.4) is 0 Å². The Bertz CT molecular complexity index is 1550. The highest BCUT2D eigenvalue weighted by Crippen LogP contribution is 2.35. The van der Waals surface area contributed by atoms with Gasteiger partial charge in [-0.05, 0) is 67.4 Å². The van der Waals surface area contributed by atoms with Crippen LogP contribution in [0, 0.1) is 12.7 Å². The molecule has 0 bridgehead atoms. The molecule has 7 nitrogen and oxygen atoms in total. The molecule has 3 heterocycles. The minimum absolute atomic E-state index is 0.224. The van der Waals surface area contributed by atoms with Crippen LogP contribution in [-0.2, 0) is 13.1 Å². The van der Waals surface area contributed by atoms with Crippen molar-refractivity contribution in [1.82, 2.24) is 25.1 Å². The monoisotopic (exact) mass is 481 g/mol. The van der Waals surface area contributed by atoms with E-state index in [1.807, 2.05) is 31.3 Å². The number of nitrogens with one attached hydrogen (secondary N) is 1. The Kier molecular flexibility index (Phi) is 6.40. The molecule has 8 heteroatoms. The maximum absolute atomic E-state index is 15.3. The zero-order valence-corrected chi connectivity index (χ0v) is 19.9. The van der Waals surface area contributed by atoms with Crippen LogP contribution in [0.4, 0.5) is 4.39 Å². The predicted octanol–water partition coefficient (Wildman–Crippen LogP) is 5.68. The highest BCUT2D eigenvalue weighted by atomic mass is 19.1. The number of hydrogen-bond acceptors (Lipinski definition) is 5. The highest BCUT2D eigenvalue weighted by Gasteiger charge is 2.17. The lowest BCUT2D eigenvalue weighted by atomic mass is 10.1. The van der Waals surface area contributed by atoms with Crippen LogP contribution in [-0.4, -0.2) is 25.7 Å². The molecule has 5 rings (SSSR count). The first-order chi connectivity index (χ1) is 17.5. The van der Waals surface area contributed by atoms with Crippen molar-refractivity contribution in [3.63, 3.8) is 0 Å². The Morgan fingerprint density at radius 1 is 1.06 bits per heavy atom. The molecule has 1 amide bonds. The van der Waals surface area contributed by atoms with E-state index >= 15 is 4.39 Å². The Morgan fingerprint density at radius 3 is 2.67 bits per heavy atom. The smallest absolute Gasteiger partial charge is 0.251 e. The van der Waals surface area contributed by atoms with Crippen LogP contribution in [0.1, 0.15) is 28.4 Å². The second-order valence-corrected chi connectivity index (χ2v) is 8.31. The first-order valence-corrected chi connectivity index (χ1v) is 11.6. The van der Waals surface area contributed by atoms with E-state index in [2.05, 4.69) is 20.4 Å². The van der Waals surface area contributed by atoms with Crippen molar-refractivity contribution in [3.05, 3.63) is 102 Å². The van der Waals surface area contributed by atoms with Gasteiger partial charge in [-0.2, -0.15) is 5.10 Å². The van der Waals surface area contributed by atoms with Crippen molar-refractivity contribution in [2.45, 2.75) is 26.9 Å². The second kappa shape index (κ2) is 9.95. The number of fused-ring (bicyclic) bond motifs is 1.